The van der Waals surface area contributed by atoms with Gasteiger partial charge in [0.1, 0.15) is 0 Å². The van der Waals surface area contributed by atoms with E-state index in [0.717, 1.165) is 0 Å². The molecule has 0 heteroatoms. The molecule has 0 N–H and O–H groups in total. The Balaban J connectivity index is 0.953. The quantitative estimate of drug-likeness (QED) is 0.134. The first-order valence-corrected chi connectivity index (χ1v) is 17.3. The van der Waals surface area contributed by atoms with E-state index in [2.05, 4.69) is 194 Å². The van der Waals surface area contributed by atoms with Crippen molar-refractivity contribution in [1.82, 2.24) is 0 Å². The van der Waals surface area contributed by atoms with Gasteiger partial charge in [0.15, 0.2) is 0 Å². The summed E-state index contributed by atoms with van der Waals surface area (Å²) >= 11 is 0. The highest BCUT2D eigenvalue weighted by Crippen LogP contribution is 2.38. The van der Waals surface area contributed by atoms with Crippen molar-refractivity contribution in [1.29, 1.82) is 0 Å². The molecule has 0 amide bonds. The topological polar surface area (TPSA) is 0 Å². The van der Waals surface area contributed by atoms with Crippen molar-refractivity contribution >= 4 is 76.8 Å². The number of hydrogen-bond acceptors (Lipinski definition) is 0. The van der Waals surface area contributed by atoms with Crippen LogP contribution in [0.4, 0.5) is 0 Å². The van der Waals surface area contributed by atoms with Crippen LogP contribution >= 0.6 is 0 Å². The van der Waals surface area contributed by atoms with Crippen molar-refractivity contribution in [3.05, 3.63) is 193 Å². The van der Waals surface area contributed by atoms with Crippen LogP contribution in [-0.4, -0.2) is 0 Å². The van der Waals surface area contributed by atoms with Crippen molar-refractivity contribution in [3.8, 4) is 22.3 Å². The molecule has 0 nitrogen and oxygen atoms in total. The first-order valence-electron chi connectivity index (χ1n) is 17.3. The van der Waals surface area contributed by atoms with Crippen LogP contribution in [-0.2, 0) is 0 Å². The fourth-order valence-electron chi connectivity index (χ4n) is 7.85. The summed E-state index contributed by atoms with van der Waals surface area (Å²) in [4.78, 5) is 0. The van der Waals surface area contributed by atoms with E-state index in [1.807, 2.05) is 0 Å². The molecule has 0 atom stereocenters. The Morgan fingerprint density at radius 3 is 1.06 bits per heavy atom. The molecule has 0 saturated heterocycles. The van der Waals surface area contributed by atoms with E-state index in [0.29, 0.717) is 0 Å². The van der Waals surface area contributed by atoms with Crippen LogP contribution in [0.15, 0.2) is 182 Å². The van der Waals surface area contributed by atoms with Crippen molar-refractivity contribution in [2.75, 3.05) is 0 Å². The summed E-state index contributed by atoms with van der Waals surface area (Å²) in [5.41, 5.74) is 7.44. The minimum absolute atomic E-state index is 1.19. The monoisotopic (exact) mass is 632 g/mol. The zero-order chi connectivity index (χ0) is 33.0. The second-order valence-corrected chi connectivity index (χ2v) is 13.4. The van der Waals surface area contributed by atoms with Gasteiger partial charge in [0, 0.05) is 0 Å². The number of hydrogen-bond donors (Lipinski definition) is 0. The Kier molecular flexibility index (Phi) is 6.60. The molecule has 0 bridgehead atoms. The molecular formula is C50H32. The van der Waals surface area contributed by atoms with Crippen molar-refractivity contribution < 1.29 is 0 Å². The molecule has 10 rings (SSSR count). The standard InChI is InChI=1S/C50H32/c1-3-11-43-39(9-1)31-49(47-15-7-5-13-45(43)47)41-25-23-35-27-33(19-21-37(35)29-41)17-18-34-20-22-38-30-42(26-24-36(38)28-34)50-32-40-10-2-4-12-44(40)46-14-6-8-16-48(46)50/h1-32H/b18-17+. The lowest BCUT2D eigenvalue weighted by Crippen LogP contribution is -1.85. The molecular weight excluding hydrogens is 601 g/mol. The molecule has 0 heterocycles. The first-order chi connectivity index (χ1) is 24.7. The van der Waals surface area contributed by atoms with Crippen LogP contribution in [0.1, 0.15) is 11.1 Å². The third kappa shape index (κ3) is 4.85. The zero-order valence-electron chi connectivity index (χ0n) is 27.5. The molecule has 10 aromatic carbocycles. The Labute approximate surface area is 291 Å². The van der Waals surface area contributed by atoms with Gasteiger partial charge in [0.25, 0.3) is 0 Å². The second-order valence-electron chi connectivity index (χ2n) is 13.4. The summed E-state index contributed by atoms with van der Waals surface area (Å²) in [7, 11) is 0. The summed E-state index contributed by atoms with van der Waals surface area (Å²) < 4.78 is 0. The van der Waals surface area contributed by atoms with Crippen molar-refractivity contribution in [2.24, 2.45) is 0 Å². The summed E-state index contributed by atoms with van der Waals surface area (Å²) in [6, 6.07) is 66.8. The molecule has 50 heavy (non-hydrogen) atoms. The Hall–Kier alpha value is -6.50. The second kappa shape index (κ2) is 11.6. The smallest absolute Gasteiger partial charge is 0.00988 e. The third-order valence-electron chi connectivity index (χ3n) is 10.4. The van der Waals surface area contributed by atoms with Crippen LogP contribution in [0.2, 0.25) is 0 Å². The Morgan fingerprint density at radius 2 is 0.600 bits per heavy atom. The molecule has 0 saturated carbocycles. The maximum Gasteiger partial charge on any atom is -0.00988 e. The van der Waals surface area contributed by atoms with Crippen LogP contribution in [0.25, 0.3) is 99.0 Å². The van der Waals surface area contributed by atoms with E-state index >= 15 is 0 Å². The normalized spacial score (nSPS) is 11.9. The van der Waals surface area contributed by atoms with E-state index in [4.69, 9.17) is 0 Å². The zero-order valence-corrected chi connectivity index (χ0v) is 27.5. The molecule has 0 fully saturated rings. The molecule has 0 aliphatic carbocycles. The predicted molar refractivity (Wildman–Crippen MR) is 218 cm³/mol. The van der Waals surface area contributed by atoms with Gasteiger partial charge >= 0.3 is 0 Å². The maximum absolute atomic E-state index is 2.34. The minimum atomic E-state index is 1.19. The molecule has 0 spiro atoms. The van der Waals surface area contributed by atoms with E-state index < -0.39 is 0 Å². The first kappa shape index (κ1) is 28.5. The number of benzene rings is 10. The maximum atomic E-state index is 2.34. The van der Waals surface area contributed by atoms with Gasteiger partial charge < -0.3 is 0 Å². The highest BCUT2D eigenvalue weighted by atomic mass is 14.1. The molecule has 0 aromatic heterocycles. The summed E-state index contributed by atoms with van der Waals surface area (Å²) in [5, 5.41) is 15.3. The lowest BCUT2D eigenvalue weighted by molar-refractivity contribution is 1.67. The molecule has 0 radical (unpaired) electrons. The van der Waals surface area contributed by atoms with Gasteiger partial charge in [-0.15, -0.1) is 0 Å². The fraction of sp³-hybridized carbons (Fsp3) is 0. The third-order valence-corrected chi connectivity index (χ3v) is 10.4. The van der Waals surface area contributed by atoms with Gasteiger partial charge in [0.05, 0.1) is 0 Å². The van der Waals surface area contributed by atoms with Gasteiger partial charge in [-0.2, -0.15) is 0 Å². The number of fused-ring (bicyclic) bond motifs is 8. The van der Waals surface area contributed by atoms with Crippen molar-refractivity contribution in [2.45, 2.75) is 0 Å². The van der Waals surface area contributed by atoms with E-state index in [9.17, 15) is 0 Å². The summed E-state index contributed by atoms with van der Waals surface area (Å²) in [6.07, 6.45) is 4.45. The molecule has 10 aromatic rings. The van der Waals surface area contributed by atoms with Gasteiger partial charge in [-0.05, 0) is 134 Å². The van der Waals surface area contributed by atoms with Gasteiger partial charge in [-0.3, -0.25) is 0 Å². The van der Waals surface area contributed by atoms with E-state index in [1.165, 1.54) is 98.0 Å². The molecule has 232 valence electrons. The predicted octanol–water partition coefficient (Wildman–Crippen LogP) is 14.1. The number of rotatable bonds is 4. The van der Waals surface area contributed by atoms with Crippen LogP contribution in [0.3, 0.4) is 0 Å². The van der Waals surface area contributed by atoms with Crippen LogP contribution in [0, 0.1) is 0 Å². The fourth-order valence-corrected chi connectivity index (χ4v) is 7.85. The SMILES string of the molecule is C(=C\c1ccc2cc(-c3cc4ccccc4c4ccccc34)ccc2c1)/c1ccc2cc(-c3cc4ccccc4c4ccccc34)ccc2c1. The van der Waals surface area contributed by atoms with E-state index in [1.54, 1.807) is 0 Å². The van der Waals surface area contributed by atoms with Crippen LogP contribution in [0.5, 0.6) is 0 Å². The van der Waals surface area contributed by atoms with Gasteiger partial charge in [0.2, 0.25) is 0 Å². The Bertz CT molecular complexity index is 2770. The summed E-state index contributed by atoms with van der Waals surface area (Å²) in [6.45, 7) is 0. The average molecular weight is 633 g/mol. The summed E-state index contributed by atoms with van der Waals surface area (Å²) in [5.74, 6) is 0. The lowest BCUT2D eigenvalue weighted by Gasteiger charge is -2.12. The lowest BCUT2D eigenvalue weighted by atomic mass is 9.92. The van der Waals surface area contributed by atoms with Crippen LogP contribution < -0.4 is 0 Å². The van der Waals surface area contributed by atoms with Gasteiger partial charge in [-0.1, -0.05) is 158 Å². The molecule has 0 aliphatic rings. The average Bonchev–Trinajstić information content (AvgIpc) is 3.19. The molecule has 0 aliphatic heterocycles. The van der Waals surface area contributed by atoms with Crippen molar-refractivity contribution in [3.63, 3.8) is 0 Å². The van der Waals surface area contributed by atoms with Gasteiger partial charge in [-0.25, -0.2) is 0 Å². The largest absolute Gasteiger partial charge is 0.0616 e. The minimum Gasteiger partial charge on any atom is -0.0616 e. The Morgan fingerprint density at radius 1 is 0.240 bits per heavy atom. The highest BCUT2D eigenvalue weighted by Gasteiger charge is 2.11. The highest BCUT2D eigenvalue weighted by molar-refractivity contribution is 6.15. The molecule has 0 unspecified atom stereocenters. The van der Waals surface area contributed by atoms with E-state index in [-0.39, 0.29) is 0 Å².